The van der Waals surface area contributed by atoms with Gasteiger partial charge in [-0.3, -0.25) is 0 Å². The van der Waals surface area contributed by atoms with Crippen LogP contribution in [-0.4, -0.2) is 26.0 Å². The number of sulfonamides is 1. The smallest absolute Gasteiger partial charge is 0.336 e. The molecule has 0 aliphatic rings. The molecule has 0 radical (unpaired) electrons. The number of thiophene rings is 1. The number of rotatable bonds is 4. The summed E-state index contributed by atoms with van der Waals surface area (Å²) in [7, 11) is -3.60. The Hall–Kier alpha value is -0.920. The second kappa shape index (κ2) is 4.75. The normalized spacial score (nSPS) is 12.6. The van der Waals surface area contributed by atoms with Gasteiger partial charge in [0.2, 0.25) is 10.0 Å². The van der Waals surface area contributed by atoms with E-state index < -0.39 is 16.0 Å². The first-order valence-electron chi connectivity index (χ1n) is 4.93. The fourth-order valence-electron chi connectivity index (χ4n) is 0.952. The van der Waals surface area contributed by atoms with Crippen molar-refractivity contribution in [2.45, 2.75) is 25.0 Å². The zero-order valence-electron chi connectivity index (χ0n) is 9.85. The second-order valence-corrected chi connectivity index (χ2v) is 7.75. The molecule has 96 valence electrons. The molecule has 0 unspecified atom stereocenters. The van der Waals surface area contributed by atoms with Gasteiger partial charge in [-0.05, 0) is 11.5 Å². The van der Waals surface area contributed by atoms with Crippen molar-refractivity contribution in [3.05, 3.63) is 17.0 Å². The standard InChI is InChI=1S/C10H15NO4S2/c1-10(2,3)6-11-17(14,15)8-4-7(5-16-8)9(12)13/h4-5,11H,6H2,1-3H3,(H,12,13). The molecule has 5 nitrogen and oxygen atoms in total. The molecule has 7 heteroatoms. The molecule has 0 spiro atoms. The van der Waals surface area contributed by atoms with Gasteiger partial charge in [0.25, 0.3) is 0 Å². The van der Waals surface area contributed by atoms with Gasteiger partial charge in [-0.15, -0.1) is 11.3 Å². The van der Waals surface area contributed by atoms with Gasteiger partial charge in [0.1, 0.15) is 4.21 Å². The zero-order chi connectivity index (χ0) is 13.3. The zero-order valence-corrected chi connectivity index (χ0v) is 11.5. The number of carbonyl (C=O) groups is 1. The predicted molar refractivity (Wildman–Crippen MR) is 65.9 cm³/mol. The molecule has 0 fully saturated rings. The summed E-state index contributed by atoms with van der Waals surface area (Å²) in [6, 6.07) is 1.16. The van der Waals surface area contributed by atoms with Crippen LogP contribution in [0.15, 0.2) is 15.7 Å². The van der Waals surface area contributed by atoms with E-state index in [1.54, 1.807) is 0 Å². The Morgan fingerprint density at radius 1 is 1.47 bits per heavy atom. The van der Waals surface area contributed by atoms with Crippen molar-refractivity contribution in [1.29, 1.82) is 0 Å². The monoisotopic (exact) mass is 277 g/mol. The molecule has 2 N–H and O–H groups in total. The van der Waals surface area contributed by atoms with E-state index in [0.29, 0.717) is 6.54 Å². The van der Waals surface area contributed by atoms with Crippen LogP contribution in [0.3, 0.4) is 0 Å². The van der Waals surface area contributed by atoms with Gasteiger partial charge < -0.3 is 5.11 Å². The van der Waals surface area contributed by atoms with E-state index >= 15 is 0 Å². The molecule has 0 bridgehead atoms. The van der Waals surface area contributed by atoms with E-state index in [1.807, 2.05) is 20.8 Å². The highest BCUT2D eigenvalue weighted by molar-refractivity contribution is 7.91. The summed E-state index contributed by atoms with van der Waals surface area (Å²) in [6.45, 7) is 6.03. The number of hydrogen-bond donors (Lipinski definition) is 2. The van der Waals surface area contributed by atoms with Crippen molar-refractivity contribution in [2.24, 2.45) is 5.41 Å². The third kappa shape index (κ3) is 4.10. The summed E-state index contributed by atoms with van der Waals surface area (Å²) in [6.07, 6.45) is 0. The minimum absolute atomic E-state index is 0.00821. The molecular weight excluding hydrogens is 262 g/mol. The lowest BCUT2D eigenvalue weighted by molar-refractivity contribution is 0.0697. The van der Waals surface area contributed by atoms with E-state index in [4.69, 9.17) is 5.11 Å². The molecule has 1 aromatic heterocycles. The molecule has 0 aliphatic carbocycles. The number of carboxylic acid groups (broad SMARTS) is 1. The first kappa shape index (κ1) is 14.1. The molecule has 0 saturated heterocycles. The van der Waals surface area contributed by atoms with Gasteiger partial charge in [0.15, 0.2) is 0 Å². The van der Waals surface area contributed by atoms with Crippen LogP contribution in [0.1, 0.15) is 31.1 Å². The van der Waals surface area contributed by atoms with Crippen LogP contribution in [0.25, 0.3) is 0 Å². The number of carboxylic acids is 1. The van der Waals surface area contributed by atoms with E-state index in [9.17, 15) is 13.2 Å². The minimum Gasteiger partial charge on any atom is -0.478 e. The molecule has 1 heterocycles. The summed E-state index contributed by atoms with van der Waals surface area (Å²) >= 11 is 0.904. The summed E-state index contributed by atoms with van der Waals surface area (Å²) in [5.74, 6) is -1.13. The van der Waals surface area contributed by atoms with Gasteiger partial charge >= 0.3 is 5.97 Å². The number of hydrogen-bond acceptors (Lipinski definition) is 4. The molecule has 1 aromatic rings. The Kier molecular flexibility index (Phi) is 3.95. The largest absolute Gasteiger partial charge is 0.478 e. The quantitative estimate of drug-likeness (QED) is 0.878. The fourth-order valence-corrected chi connectivity index (χ4v) is 3.43. The second-order valence-electron chi connectivity index (χ2n) is 4.84. The van der Waals surface area contributed by atoms with Crippen molar-refractivity contribution < 1.29 is 18.3 Å². The molecule has 0 aliphatic heterocycles. The highest BCUT2D eigenvalue weighted by atomic mass is 32.2. The van der Waals surface area contributed by atoms with Crippen molar-refractivity contribution in [1.82, 2.24) is 4.72 Å². The third-order valence-electron chi connectivity index (χ3n) is 1.88. The summed E-state index contributed by atoms with van der Waals surface area (Å²) in [5.41, 5.74) is -0.175. The summed E-state index contributed by atoms with van der Waals surface area (Å²) in [5, 5.41) is 10.0. The van der Waals surface area contributed by atoms with Crippen LogP contribution in [0.2, 0.25) is 0 Å². The van der Waals surface area contributed by atoms with E-state index in [0.717, 1.165) is 17.4 Å². The maximum atomic E-state index is 11.8. The van der Waals surface area contributed by atoms with Gasteiger partial charge in [-0.1, -0.05) is 20.8 Å². The molecule has 0 atom stereocenters. The SMILES string of the molecule is CC(C)(C)CNS(=O)(=O)c1cc(C(=O)O)cs1. The highest BCUT2D eigenvalue weighted by Gasteiger charge is 2.21. The van der Waals surface area contributed by atoms with Crippen LogP contribution in [0.5, 0.6) is 0 Å². The summed E-state index contributed by atoms with van der Waals surface area (Å²) < 4.78 is 26.1. The van der Waals surface area contributed by atoms with Gasteiger partial charge in [0.05, 0.1) is 5.56 Å². The maximum absolute atomic E-state index is 11.8. The van der Waals surface area contributed by atoms with Gasteiger partial charge in [-0.25, -0.2) is 17.9 Å². The molecule has 0 saturated carbocycles. The maximum Gasteiger partial charge on any atom is 0.336 e. The highest BCUT2D eigenvalue weighted by Crippen LogP contribution is 2.21. The average Bonchev–Trinajstić information content (AvgIpc) is 2.63. The van der Waals surface area contributed by atoms with Gasteiger partial charge in [0, 0.05) is 11.9 Å². The van der Waals surface area contributed by atoms with Crippen LogP contribution in [-0.2, 0) is 10.0 Å². The van der Waals surface area contributed by atoms with Crippen LogP contribution in [0, 0.1) is 5.41 Å². The molecule has 1 rings (SSSR count). The minimum atomic E-state index is -3.60. The first-order valence-corrected chi connectivity index (χ1v) is 7.30. The topological polar surface area (TPSA) is 83.5 Å². The van der Waals surface area contributed by atoms with E-state index in [2.05, 4.69) is 4.72 Å². The lowest BCUT2D eigenvalue weighted by Crippen LogP contribution is -2.31. The average molecular weight is 277 g/mol. The van der Waals surface area contributed by atoms with Crippen LogP contribution >= 0.6 is 11.3 Å². The fraction of sp³-hybridized carbons (Fsp3) is 0.500. The molecule has 0 aromatic carbocycles. The lowest BCUT2D eigenvalue weighted by atomic mass is 9.98. The third-order valence-corrected chi connectivity index (χ3v) is 4.72. The van der Waals surface area contributed by atoms with E-state index in [1.165, 1.54) is 5.38 Å². The van der Waals surface area contributed by atoms with Crippen LogP contribution in [0.4, 0.5) is 0 Å². The Bertz CT molecular complexity index is 511. The Morgan fingerprint density at radius 3 is 2.47 bits per heavy atom. The molecule has 0 amide bonds. The molecule has 17 heavy (non-hydrogen) atoms. The van der Waals surface area contributed by atoms with Crippen molar-refractivity contribution in [3.8, 4) is 0 Å². The van der Waals surface area contributed by atoms with E-state index in [-0.39, 0.29) is 15.2 Å². The lowest BCUT2D eigenvalue weighted by Gasteiger charge is -2.18. The summed E-state index contributed by atoms with van der Waals surface area (Å²) in [4.78, 5) is 10.6. The predicted octanol–water partition coefficient (Wildman–Crippen LogP) is 1.77. The van der Waals surface area contributed by atoms with Crippen molar-refractivity contribution in [2.75, 3.05) is 6.54 Å². The van der Waals surface area contributed by atoms with Crippen molar-refractivity contribution >= 4 is 27.3 Å². The Morgan fingerprint density at radius 2 is 2.06 bits per heavy atom. The van der Waals surface area contributed by atoms with Crippen LogP contribution < -0.4 is 4.72 Å². The first-order chi connectivity index (χ1) is 7.62. The van der Waals surface area contributed by atoms with Crippen molar-refractivity contribution in [3.63, 3.8) is 0 Å². The Labute approximate surface area is 105 Å². The van der Waals surface area contributed by atoms with Gasteiger partial charge in [-0.2, -0.15) is 0 Å². The Balaban J connectivity index is 2.86. The molecular formula is C10H15NO4S2. The number of nitrogens with one attached hydrogen (secondary N) is 1. The number of aromatic carboxylic acids is 1.